The van der Waals surface area contributed by atoms with E-state index in [1.165, 1.54) is 19.3 Å². The molecule has 0 aromatic rings. The Morgan fingerprint density at radius 3 is 1.76 bits per heavy atom. The molecule has 6 heteroatoms. The Morgan fingerprint density at radius 1 is 1.18 bits per heavy atom. The lowest BCUT2D eigenvalue weighted by Gasteiger charge is -2.08. The van der Waals surface area contributed by atoms with Gasteiger partial charge in [-0.2, -0.15) is 0 Å². The van der Waals surface area contributed by atoms with Crippen LogP contribution in [0.15, 0.2) is 0 Å². The molecule has 0 saturated carbocycles. The van der Waals surface area contributed by atoms with Gasteiger partial charge in [-0.3, -0.25) is 4.79 Å². The lowest BCUT2D eigenvalue weighted by Crippen LogP contribution is -2.12. The van der Waals surface area contributed by atoms with Crippen molar-refractivity contribution in [1.82, 2.24) is 5.32 Å². The Hall–Kier alpha value is -0.980. The van der Waals surface area contributed by atoms with Crippen LogP contribution < -0.4 is 5.32 Å². The summed E-state index contributed by atoms with van der Waals surface area (Å²) in [6, 6.07) is 0. The first kappa shape index (κ1) is 21.3. The van der Waals surface area contributed by atoms with Gasteiger partial charge >= 0.3 is 0 Å². The molecule has 0 unspecified atom stereocenters. The number of carbonyl (C=O) groups is 2. The lowest BCUT2D eigenvalue weighted by atomic mass is 10.2. The molecule has 0 bridgehead atoms. The molecule has 1 heterocycles. The van der Waals surface area contributed by atoms with Gasteiger partial charge in [-0.25, -0.2) is 0 Å². The Labute approximate surface area is 103 Å². The third kappa shape index (κ3) is 39.6. The monoisotopic (exact) mass is 251 g/mol. The van der Waals surface area contributed by atoms with Crippen LogP contribution in [0.1, 0.15) is 19.3 Å². The first-order valence-electron chi connectivity index (χ1n) is 5.36. The quantitative estimate of drug-likeness (QED) is 0.544. The van der Waals surface area contributed by atoms with Crippen LogP contribution in [0.4, 0.5) is 0 Å². The molecular formula is C11H25NO5. The van der Waals surface area contributed by atoms with E-state index < -0.39 is 0 Å². The summed E-state index contributed by atoms with van der Waals surface area (Å²) in [5.74, 6) is 0. The average molecular weight is 251 g/mol. The van der Waals surface area contributed by atoms with E-state index >= 15 is 0 Å². The van der Waals surface area contributed by atoms with Gasteiger partial charge < -0.3 is 24.7 Å². The van der Waals surface area contributed by atoms with E-state index in [0.717, 1.165) is 20.3 Å². The number of rotatable bonds is 3. The van der Waals surface area contributed by atoms with Gasteiger partial charge in [-0.05, 0) is 19.3 Å². The van der Waals surface area contributed by atoms with Crippen molar-refractivity contribution in [3.63, 3.8) is 0 Å². The molecule has 17 heavy (non-hydrogen) atoms. The van der Waals surface area contributed by atoms with Crippen molar-refractivity contribution in [3.05, 3.63) is 0 Å². The summed E-state index contributed by atoms with van der Waals surface area (Å²) in [5.41, 5.74) is 0. The molecule has 0 atom stereocenters. The molecule has 0 aliphatic carbocycles. The minimum Gasteiger partial charge on any atom is -0.400 e. The molecule has 1 fully saturated rings. The highest BCUT2D eigenvalue weighted by atomic mass is 16.5. The second-order valence-corrected chi connectivity index (χ2v) is 2.77. The second kappa shape index (κ2) is 29.4. The van der Waals surface area contributed by atoms with Crippen LogP contribution >= 0.6 is 0 Å². The van der Waals surface area contributed by atoms with Gasteiger partial charge in [-0.15, -0.1) is 0 Å². The molecule has 0 aromatic carbocycles. The van der Waals surface area contributed by atoms with Crippen LogP contribution in [-0.2, 0) is 19.1 Å². The molecule has 1 aliphatic heterocycles. The number of aliphatic hydroxyl groups excluding tert-OH is 1. The molecular weight excluding hydrogens is 226 g/mol. The van der Waals surface area contributed by atoms with Gasteiger partial charge in [0, 0.05) is 34.5 Å². The smallest absolute Gasteiger partial charge is 0.207 e. The Morgan fingerprint density at radius 2 is 1.65 bits per heavy atom. The van der Waals surface area contributed by atoms with Crippen molar-refractivity contribution in [2.45, 2.75) is 19.3 Å². The third-order valence-corrected chi connectivity index (χ3v) is 1.36. The number of amides is 1. The zero-order chi connectivity index (χ0) is 13.8. The Bertz CT molecular complexity index is 110. The fraction of sp³-hybridized carbons (Fsp3) is 0.818. The minimum atomic E-state index is 0.115. The maximum Gasteiger partial charge on any atom is 0.207 e. The average Bonchev–Trinajstić information content (AvgIpc) is 2.42. The zero-order valence-electron chi connectivity index (χ0n) is 11.0. The predicted octanol–water partition coefficient (Wildman–Crippen LogP) is -0.0107. The van der Waals surface area contributed by atoms with Gasteiger partial charge in [0.1, 0.15) is 6.29 Å². The third-order valence-electron chi connectivity index (χ3n) is 1.36. The second-order valence-electron chi connectivity index (χ2n) is 2.77. The Balaban J connectivity index is -0.000000169. The van der Waals surface area contributed by atoms with Crippen LogP contribution in [0.2, 0.25) is 0 Å². The molecule has 1 saturated heterocycles. The number of aliphatic hydroxyl groups is 1. The van der Waals surface area contributed by atoms with Crippen molar-refractivity contribution in [2.75, 3.05) is 41.1 Å². The summed E-state index contributed by atoms with van der Waals surface area (Å²) >= 11 is 0. The number of ether oxygens (including phenoxy) is 2. The summed E-state index contributed by atoms with van der Waals surface area (Å²) in [4.78, 5) is 18.6. The highest BCUT2D eigenvalue weighted by Gasteiger charge is 1.94. The molecule has 0 radical (unpaired) electrons. The highest BCUT2D eigenvalue weighted by Crippen LogP contribution is 2.02. The number of hydrogen-bond acceptors (Lipinski definition) is 5. The maximum atomic E-state index is 9.34. The van der Waals surface area contributed by atoms with Gasteiger partial charge in [0.05, 0.1) is 6.54 Å². The van der Waals surface area contributed by atoms with E-state index in [0.29, 0.717) is 12.7 Å². The highest BCUT2D eigenvalue weighted by molar-refractivity contribution is 5.58. The predicted molar refractivity (Wildman–Crippen MR) is 65.9 cm³/mol. The van der Waals surface area contributed by atoms with E-state index in [1.54, 1.807) is 14.2 Å². The van der Waals surface area contributed by atoms with Crippen LogP contribution in [0.5, 0.6) is 0 Å². The first-order chi connectivity index (χ1) is 8.33. The molecule has 1 rings (SSSR count). The van der Waals surface area contributed by atoms with Crippen molar-refractivity contribution in [1.29, 1.82) is 0 Å². The van der Waals surface area contributed by atoms with Crippen molar-refractivity contribution < 1.29 is 24.2 Å². The summed E-state index contributed by atoms with van der Waals surface area (Å²) < 4.78 is 9.32. The molecule has 0 aromatic heterocycles. The molecule has 1 amide bonds. The summed E-state index contributed by atoms with van der Waals surface area (Å²) in [5, 5.41) is 9.15. The number of methoxy groups -OCH3 is 1. The molecule has 104 valence electrons. The summed E-state index contributed by atoms with van der Waals surface area (Å²) in [6.45, 7) is 2.11. The topological polar surface area (TPSA) is 84.9 Å². The zero-order valence-corrected chi connectivity index (χ0v) is 11.0. The van der Waals surface area contributed by atoms with E-state index in [9.17, 15) is 9.59 Å². The van der Waals surface area contributed by atoms with E-state index in [-0.39, 0.29) is 6.54 Å². The maximum absolute atomic E-state index is 9.34. The van der Waals surface area contributed by atoms with Crippen molar-refractivity contribution in [2.24, 2.45) is 0 Å². The van der Waals surface area contributed by atoms with Crippen LogP contribution in [-0.4, -0.2) is 58.9 Å². The number of nitrogens with one attached hydrogen (secondary N) is 1. The number of hydrogen-bond donors (Lipinski definition) is 2. The number of aldehydes is 1. The lowest BCUT2D eigenvalue weighted by molar-refractivity contribution is -0.113. The van der Waals surface area contributed by atoms with Crippen LogP contribution in [0.25, 0.3) is 0 Å². The largest absolute Gasteiger partial charge is 0.400 e. The fourth-order valence-corrected chi connectivity index (χ4v) is 0.783. The molecule has 2 N–H and O–H groups in total. The molecule has 1 aliphatic rings. The standard InChI is InChI=1S/C5H10O.C3H5NO2.C2H6O.CH4O/c1-2-4-6-5-3-1;5-2-1-4-3-6;1-3-2;1-2/h1-5H2;2-3H,1H2,(H,4,6);1-2H3;2H,1H3. The van der Waals surface area contributed by atoms with E-state index in [2.05, 4.69) is 10.1 Å². The van der Waals surface area contributed by atoms with Gasteiger partial charge in [0.25, 0.3) is 0 Å². The van der Waals surface area contributed by atoms with E-state index in [4.69, 9.17) is 9.84 Å². The first-order valence-corrected chi connectivity index (χ1v) is 5.36. The fourth-order valence-electron chi connectivity index (χ4n) is 0.783. The Kier molecular flexibility index (Phi) is 36.9. The van der Waals surface area contributed by atoms with Crippen molar-refractivity contribution in [3.8, 4) is 0 Å². The van der Waals surface area contributed by atoms with Gasteiger partial charge in [-0.1, -0.05) is 0 Å². The normalized spacial score (nSPS) is 12.2. The van der Waals surface area contributed by atoms with E-state index in [1.807, 2.05) is 0 Å². The SMILES string of the molecule is C1CCOCC1.CO.COC.O=CCNC=O. The van der Waals surface area contributed by atoms with Crippen LogP contribution in [0, 0.1) is 0 Å². The summed E-state index contributed by atoms with van der Waals surface area (Å²) in [6.07, 6.45) is 5.03. The summed E-state index contributed by atoms with van der Waals surface area (Å²) in [7, 11) is 4.25. The van der Waals surface area contributed by atoms with Crippen LogP contribution in [0.3, 0.4) is 0 Å². The molecule has 6 nitrogen and oxygen atoms in total. The number of carbonyl (C=O) groups excluding carboxylic acids is 2. The molecule has 0 spiro atoms. The van der Waals surface area contributed by atoms with Gasteiger partial charge in [0.15, 0.2) is 0 Å². The van der Waals surface area contributed by atoms with Gasteiger partial charge in [0.2, 0.25) is 6.41 Å². The minimum absolute atomic E-state index is 0.115. The van der Waals surface area contributed by atoms with Crippen molar-refractivity contribution >= 4 is 12.7 Å².